The summed E-state index contributed by atoms with van der Waals surface area (Å²) < 4.78 is 0. The number of carbonyl (C=O) groups is 3. The Balaban J connectivity index is 1.26. The summed E-state index contributed by atoms with van der Waals surface area (Å²) in [5.41, 5.74) is 2.39. The van der Waals surface area contributed by atoms with Crippen LogP contribution in [0.25, 0.3) is 10.9 Å². The van der Waals surface area contributed by atoms with E-state index in [1.807, 2.05) is 60.7 Å². The quantitative estimate of drug-likeness (QED) is 0.291. The number of fused-ring (bicyclic) bond motifs is 1. The number of hydrogen-bond donors (Lipinski definition) is 5. The highest BCUT2D eigenvalue weighted by Crippen LogP contribution is 2.23. The molecule has 3 heterocycles. The highest BCUT2D eigenvalue weighted by atomic mass is 16.3. The van der Waals surface area contributed by atoms with Crippen LogP contribution < -0.4 is 21.3 Å². The van der Waals surface area contributed by atoms with Crippen LogP contribution in [-0.2, 0) is 20.8 Å². The summed E-state index contributed by atoms with van der Waals surface area (Å²) in [6.07, 6.45) is 1.50. The molecule has 3 aromatic rings. The molecular formula is C29H34N6O4. The number of aliphatic hydroxyl groups excluding tert-OH is 1. The maximum absolute atomic E-state index is 13.4. The van der Waals surface area contributed by atoms with Gasteiger partial charge in [-0.1, -0.05) is 48.5 Å². The Kier molecular flexibility index (Phi) is 8.45. The Morgan fingerprint density at radius 3 is 2.67 bits per heavy atom. The zero-order chi connectivity index (χ0) is 27.2. The molecule has 5 rings (SSSR count). The van der Waals surface area contributed by atoms with Crippen molar-refractivity contribution in [3.05, 3.63) is 72.4 Å². The van der Waals surface area contributed by atoms with Crippen LogP contribution in [0.5, 0.6) is 0 Å². The predicted molar refractivity (Wildman–Crippen MR) is 148 cm³/mol. The number of aromatic nitrogens is 1. The summed E-state index contributed by atoms with van der Waals surface area (Å²) in [5.74, 6) is -1.04. The van der Waals surface area contributed by atoms with Crippen molar-refractivity contribution in [3.8, 4) is 0 Å². The first-order valence-electron chi connectivity index (χ1n) is 13.4. The van der Waals surface area contributed by atoms with Crippen molar-refractivity contribution in [2.24, 2.45) is 0 Å². The molecule has 4 atom stereocenters. The first kappa shape index (κ1) is 26.7. The van der Waals surface area contributed by atoms with E-state index in [-0.39, 0.29) is 31.2 Å². The van der Waals surface area contributed by atoms with Gasteiger partial charge in [0.2, 0.25) is 17.7 Å². The molecule has 39 heavy (non-hydrogen) atoms. The van der Waals surface area contributed by atoms with Gasteiger partial charge >= 0.3 is 0 Å². The third-order valence-electron chi connectivity index (χ3n) is 7.28. The number of rotatable bonds is 8. The number of hydrogen-bond acceptors (Lipinski definition) is 7. The van der Waals surface area contributed by atoms with Crippen LogP contribution in [0.3, 0.4) is 0 Å². The second-order valence-electron chi connectivity index (χ2n) is 10.1. The van der Waals surface area contributed by atoms with Crippen LogP contribution in [0, 0.1) is 0 Å². The average Bonchev–Trinajstić information content (AvgIpc) is 3.40. The van der Waals surface area contributed by atoms with Crippen molar-refractivity contribution >= 4 is 34.3 Å². The van der Waals surface area contributed by atoms with Gasteiger partial charge in [0.25, 0.3) is 0 Å². The molecule has 4 unspecified atom stereocenters. The molecule has 2 fully saturated rings. The smallest absolute Gasteiger partial charge is 0.249 e. The van der Waals surface area contributed by atoms with Gasteiger partial charge in [0.05, 0.1) is 23.4 Å². The molecule has 10 nitrogen and oxygen atoms in total. The van der Waals surface area contributed by atoms with E-state index in [9.17, 15) is 19.5 Å². The summed E-state index contributed by atoms with van der Waals surface area (Å²) in [7, 11) is 0. The fourth-order valence-corrected chi connectivity index (χ4v) is 5.20. The van der Waals surface area contributed by atoms with E-state index in [1.54, 1.807) is 6.20 Å². The first-order chi connectivity index (χ1) is 19.0. The maximum atomic E-state index is 13.4. The number of aryl methyl sites for hydroxylation is 1. The Hall–Kier alpha value is -3.86. The van der Waals surface area contributed by atoms with Gasteiger partial charge in [0, 0.05) is 37.6 Å². The van der Waals surface area contributed by atoms with Crippen molar-refractivity contribution in [3.63, 3.8) is 0 Å². The minimum atomic E-state index is -1.19. The molecule has 5 N–H and O–H groups in total. The minimum Gasteiger partial charge on any atom is -0.383 e. The number of pyridine rings is 1. The van der Waals surface area contributed by atoms with Gasteiger partial charge in [-0.25, -0.2) is 0 Å². The average molecular weight is 531 g/mol. The van der Waals surface area contributed by atoms with E-state index >= 15 is 0 Å². The van der Waals surface area contributed by atoms with E-state index in [0.717, 1.165) is 23.0 Å². The summed E-state index contributed by atoms with van der Waals surface area (Å²) in [6, 6.07) is 17.4. The minimum absolute atomic E-state index is 0.183. The van der Waals surface area contributed by atoms with Crippen LogP contribution in [0.15, 0.2) is 66.9 Å². The third kappa shape index (κ3) is 6.59. The van der Waals surface area contributed by atoms with E-state index in [1.165, 1.54) is 4.90 Å². The Bertz CT molecular complexity index is 1310. The summed E-state index contributed by atoms with van der Waals surface area (Å²) in [6.45, 7) is 2.07. The normalized spacial score (nSPS) is 21.9. The van der Waals surface area contributed by atoms with Crippen LogP contribution in [0.4, 0.5) is 5.69 Å². The first-order valence-corrected chi connectivity index (χ1v) is 13.4. The number of carbonyl (C=O) groups excluding carboxylic acids is 3. The molecule has 2 saturated heterocycles. The highest BCUT2D eigenvalue weighted by molar-refractivity contribution is 5.99. The Morgan fingerprint density at radius 2 is 1.87 bits per heavy atom. The predicted octanol–water partition coefficient (Wildman–Crippen LogP) is 0.814. The molecule has 3 amide bonds. The summed E-state index contributed by atoms with van der Waals surface area (Å²) in [5, 5.41) is 23.6. The molecular weight excluding hydrogens is 496 g/mol. The second kappa shape index (κ2) is 12.3. The summed E-state index contributed by atoms with van der Waals surface area (Å²) >= 11 is 0. The van der Waals surface area contributed by atoms with Crippen molar-refractivity contribution in [2.45, 2.75) is 43.5 Å². The largest absolute Gasteiger partial charge is 0.383 e. The number of para-hydroxylation sites is 1. The fraction of sp³-hybridized carbons (Fsp3) is 0.379. The van der Waals surface area contributed by atoms with Crippen molar-refractivity contribution < 1.29 is 19.5 Å². The molecule has 2 aliphatic rings. The van der Waals surface area contributed by atoms with Crippen molar-refractivity contribution in [1.29, 1.82) is 0 Å². The van der Waals surface area contributed by atoms with Gasteiger partial charge < -0.3 is 31.3 Å². The topological polar surface area (TPSA) is 136 Å². The number of aliphatic hydroxyl groups is 1. The lowest BCUT2D eigenvalue weighted by atomic mass is 10.1. The molecule has 2 aromatic carbocycles. The second-order valence-corrected chi connectivity index (χ2v) is 10.1. The molecule has 0 saturated carbocycles. The van der Waals surface area contributed by atoms with E-state index in [2.05, 4.69) is 26.3 Å². The van der Waals surface area contributed by atoms with Gasteiger partial charge in [-0.2, -0.15) is 0 Å². The van der Waals surface area contributed by atoms with Crippen molar-refractivity contribution in [2.75, 3.05) is 31.5 Å². The lowest BCUT2D eigenvalue weighted by Crippen LogP contribution is -2.58. The number of likely N-dealkylation sites (tertiary alicyclic amines) is 1. The van der Waals surface area contributed by atoms with Crippen molar-refractivity contribution in [1.82, 2.24) is 25.8 Å². The fourth-order valence-electron chi connectivity index (χ4n) is 5.20. The number of amides is 3. The molecule has 1 aromatic heterocycles. The van der Waals surface area contributed by atoms with Gasteiger partial charge in [0.15, 0.2) is 0 Å². The molecule has 0 spiro atoms. The van der Waals surface area contributed by atoms with Gasteiger partial charge in [-0.05, 0) is 37.0 Å². The number of nitrogens with one attached hydrogen (secondary N) is 4. The third-order valence-corrected chi connectivity index (χ3v) is 7.28. The molecule has 0 radical (unpaired) electrons. The molecule has 0 aliphatic carbocycles. The monoisotopic (exact) mass is 530 g/mol. The lowest BCUT2D eigenvalue weighted by molar-refractivity contribution is -0.138. The zero-order valence-corrected chi connectivity index (χ0v) is 21.7. The number of benzene rings is 2. The number of nitrogens with zero attached hydrogens (tertiary/aromatic N) is 2. The Morgan fingerprint density at radius 1 is 1.08 bits per heavy atom. The highest BCUT2D eigenvalue weighted by Gasteiger charge is 2.42. The van der Waals surface area contributed by atoms with Gasteiger partial charge in [-0.3, -0.25) is 19.4 Å². The molecule has 0 bridgehead atoms. The summed E-state index contributed by atoms with van der Waals surface area (Å²) in [4.78, 5) is 45.6. The lowest BCUT2D eigenvalue weighted by Gasteiger charge is -2.31. The Labute approximate surface area is 227 Å². The maximum Gasteiger partial charge on any atom is 0.249 e. The van der Waals surface area contributed by atoms with Crippen LogP contribution >= 0.6 is 0 Å². The number of piperazine rings is 1. The van der Waals surface area contributed by atoms with Gasteiger partial charge in [0.1, 0.15) is 12.1 Å². The van der Waals surface area contributed by atoms with E-state index in [4.69, 9.17) is 0 Å². The van der Waals surface area contributed by atoms with Crippen LogP contribution in [0.2, 0.25) is 0 Å². The SMILES string of the molecule is O=C(NC1CC(C(=O)Nc2cnc3ccccc3c2)N(C(=O)C2CNCCN2)C1)C(O)CCc1ccccc1. The number of anilines is 1. The van der Waals surface area contributed by atoms with E-state index in [0.29, 0.717) is 25.2 Å². The van der Waals surface area contributed by atoms with Gasteiger partial charge in [-0.15, -0.1) is 0 Å². The molecule has 2 aliphatic heterocycles. The standard InChI is InChI=1S/C29H34N6O4/c36-26(11-10-19-6-2-1-3-7-19)28(38)34-22-15-25(35(18-22)29(39)24-17-30-12-13-31-24)27(37)33-21-14-20-8-4-5-9-23(20)32-16-21/h1-9,14,16,22,24-26,30-31,36H,10-13,15,17-18H2,(H,33,37)(H,34,38). The molecule has 204 valence electrons. The van der Waals surface area contributed by atoms with E-state index < -0.39 is 30.1 Å². The van der Waals surface area contributed by atoms with Crippen LogP contribution in [0.1, 0.15) is 18.4 Å². The zero-order valence-electron chi connectivity index (χ0n) is 21.7. The molecule has 10 heteroatoms. The van der Waals surface area contributed by atoms with Crippen LogP contribution in [-0.4, -0.2) is 83.1 Å².